The molecule has 0 saturated heterocycles. The molecule has 2 aromatic rings. The molecule has 0 atom stereocenters. The molecule has 0 saturated carbocycles. The van der Waals surface area contributed by atoms with Gasteiger partial charge in [-0.3, -0.25) is 0 Å². The van der Waals surface area contributed by atoms with Crippen molar-refractivity contribution in [2.24, 2.45) is 0 Å². The zero-order chi connectivity index (χ0) is 13.9. The van der Waals surface area contributed by atoms with Gasteiger partial charge >= 0.3 is 0 Å². The predicted molar refractivity (Wildman–Crippen MR) is 78.7 cm³/mol. The predicted octanol–water partition coefficient (Wildman–Crippen LogP) is 4.37. The molecule has 0 aliphatic heterocycles. The van der Waals surface area contributed by atoms with E-state index in [1.54, 1.807) is 12.5 Å². The van der Waals surface area contributed by atoms with E-state index in [2.05, 4.69) is 37.1 Å². The number of aromatic nitrogens is 1. The number of oxazole rings is 1. The Bertz CT molecular complexity index is 535. The summed E-state index contributed by atoms with van der Waals surface area (Å²) in [6, 6.07) is 5.91. The van der Waals surface area contributed by atoms with Gasteiger partial charge in [-0.2, -0.15) is 0 Å². The van der Waals surface area contributed by atoms with Gasteiger partial charge in [-0.15, -0.1) is 0 Å². The third-order valence-corrected chi connectivity index (χ3v) is 3.95. The van der Waals surface area contributed by atoms with Crippen molar-refractivity contribution >= 4 is 23.4 Å². The Morgan fingerprint density at radius 2 is 2.16 bits per heavy atom. The summed E-state index contributed by atoms with van der Waals surface area (Å²) in [6.45, 7) is 7.17. The molecule has 3 nitrogen and oxygen atoms in total. The molecule has 1 N–H and O–H groups in total. The monoisotopic (exact) mass is 296 g/mol. The standard InChI is InChI=1S/C14H17ClN2OS/c1-14(2,3)17-9-10-5-4-6-11(15)12(10)19-13-16-7-8-18-13/h4-8,17H,9H2,1-3H3. The minimum absolute atomic E-state index is 0.0627. The highest BCUT2D eigenvalue weighted by Gasteiger charge is 2.14. The molecular formula is C14H17ClN2OS. The summed E-state index contributed by atoms with van der Waals surface area (Å²) in [5.74, 6) is 0. The Labute approximate surface area is 122 Å². The van der Waals surface area contributed by atoms with Gasteiger partial charge in [-0.05, 0) is 44.2 Å². The maximum atomic E-state index is 6.28. The average Bonchev–Trinajstić information content (AvgIpc) is 2.82. The summed E-state index contributed by atoms with van der Waals surface area (Å²) in [7, 11) is 0. The molecule has 0 bridgehead atoms. The van der Waals surface area contributed by atoms with E-state index in [-0.39, 0.29) is 5.54 Å². The van der Waals surface area contributed by atoms with Crippen LogP contribution < -0.4 is 5.32 Å². The van der Waals surface area contributed by atoms with E-state index in [4.69, 9.17) is 16.0 Å². The van der Waals surface area contributed by atoms with Crippen LogP contribution in [0.1, 0.15) is 26.3 Å². The Balaban J connectivity index is 2.21. The molecule has 0 unspecified atom stereocenters. The van der Waals surface area contributed by atoms with Gasteiger partial charge in [0.1, 0.15) is 6.26 Å². The van der Waals surface area contributed by atoms with Crippen LogP contribution in [-0.4, -0.2) is 10.5 Å². The number of nitrogens with zero attached hydrogens (tertiary/aromatic N) is 1. The summed E-state index contributed by atoms with van der Waals surface area (Å²) < 4.78 is 5.27. The van der Waals surface area contributed by atoms with Crippen LogP contribution in [0.5, 0.6) is 0 Å². The summed E-state index contributed by atoms with van der Waals surface area (Å²) in [6.07, 6.45) is 3.19. The number of rotatable bonds is 4. The fourth-order valence-corrected chi connectivity index (χ4v) is 2.65. The number of hydrogen-bond acceptors (Lipinski definition) is 4. The number of benzene rings is 1. The smallest absolute Gasteiger partial charge is 0.260 e. The molecule has 5 heteroatoms. The maximum absolute atomic E-state index is 6.28. The van der Waals surface area contributed by atoms with Gasteiger partial charge in [0.15, 0.2) is 0 Å². The van der Waals surface area contributed by atoms with E-state index in [0.717, 1.165) is 22.0 Å². The second-order valence-electron chi connectivity index (χ2n) is 5.23. The van der Waals surface area contributed by atoms with E-state index in [1.807, 2.05) is 12.1 Å². The first-order valence-corrected chi connectivity index (χ1v) is 7.25. The summed E-state index contributed by atoms with van der Waals surface area (Å²) in [5, 5.41) is 4.78. The SMILES string of the molecule is CC(C)(C)NCc1cccc(Cl)c1Sc1ncco1. The fourth-order valence-electron chi connectivity index (χ4n) is 1.52. The first-order chi connectivity index (χ1) is 8.96. The molecule has 1 aromatic carbocycles. The van der Waals surface area contributed by atoms with Crippen LogP contribution in [-0.2, 0) is 6.54 Å². The lowest BCUT2D eigenvalue weighted by atomic mass is 10.1. The van der Waals surface area contributed by atoms with Crippen molar-refractivity contribution in [1.29, 1.82) is 0 Å². The van der Waals surface area contributed by atoms with Crippen molar-refractivity contribution in [2.75, 3.05) is 0 Å². The van der Waals surface area contributed by atoms with Crippen molar-refractivity contribution in [2.45, 2.75) is 43.0 Å². The third kappa shape index (κ3) is 4.27. The van der Waals surface area contributed by atoms with Gasteiger partial charge in [0.25, 0.3) is 5.22 Å². The van der Waals surface area contributed by atoms with E-state index in [9.17, 15) is 0 Å². The van der Waals surface area contributed by atoms with Crippen molar-refractivity contribution in [3.63, 3.8) is 0 Å². The van der Waals surface area contributed by atoms with E-state index in [1.165, 1.54) is 11.8 Å². The lowest BCUT2D eigenvalue weighted by molar-refractivity contribution is 0.422. The minimum atomic E-state index is 0.0627. The summed E-state index contributed by atoms with van der Waals surface area (Å²) >= 11 is 7.73. The van der Waals surface area contributed by atoms with Crippen LogP contribution in [0.15, 0.2) is 45.2 Å². The molecule has 2 rings (SSSR count). The second kappa shape index (κ2) is 5.99. The number of nitrogens with one attached hydrogen (secondary N) is 1. The normalized spacial score (nSPS) is 11.8. The van der Waals surface area contributed by atoms with Gasteiger partial charge in [-0.25, -0.2) is 4.98 Å². The van der Waals surface area contributed by atoms with Crippen LogP contribution in [0.3, 0.4) is 0 Å². The largest absolute Gasteiger partial charge is 0.440 e. The molecule has 1 aromatic heterocycles. The lowest BCUT2D eigenvalue weighted by Gasteiger charge is -2.21. The molecule has 0 fully saturated rings. The molecule has 102 valence electrons. The van der Waals surface area contributed by atoms with Crippen molar-refractivity contribution in [3.05, 3.63) is 41.2 Å². The van der Waals surface area contributed by atoms with Crippen LogP contribution in [0.4, 0.5) is 0 Å². The topological polar surface area (TPSA) is 38.1 Å². The lowest BCUT2D eigenvalue weighted by Crippen LogP contribution is -2.35. The first-order valence-electron chi connectivity index (χ1n) is 6.05. The zero-order valence-electron chi connectivity index (χ0n) is 11.2. The van der Waals surface area contributed by atoms with Crippen molar-refractivity contribution < 1.29 is 4.42 Å². The Kier molecular flexibility index (Phi) is 4.55. The Hall–Kier alpha value is -0.970. The second-order valence-corrected chi connectivity index (χ2v) is 6.60. The van der Waals surface area contributed by atoms with E-state index < -0.39 is 0 Å². The van der Waals surface area contributed by atoms with Crippen LogP contribution in [0.2, 0.25) is 5.02 Å². The van der Waals surface area contributed by atoms with E-state index in [0.29, 0.717) is 5.22 Å². The molecule has 0 aliphatic rings. The molecule has 19 heavy (non-hydrogen) atoms. The highest BCUT2D eigenvalue weighted by molar-refractivity contribution is 7.99. The van der Waals surface area contributed by atoms with Gasteiger partial charge in [0.05, 0.1) is 11.2 Å². The average molecular weight is 297 g/mol. The highest BCUT2D eigenvalue weighted by atomic mass is 35.5. The summed E-state index contributed by atoms with van der Waals surface area (Å²) in [5.41, 5.74) is 1.21. The molecule has 0 aliphatic carbocycles. The number of hydrogen-bond donors (Lipinski definition) is 1. The molecule has 0 amide bonds. The third-order valence-electron chi connectivity index (χ3n) is 2.46. The quantitative estimate of drug-likeness (QED) is 0.909. The minimum Gasteiger partial charge on any atom is -0.440 e. The maximum Gasteiger partial charge on any atom is 0.260 e. The molecule has 1 heterocycles. The molecule has 0 radical (unpaired) electrons. The van der Waals surface area contributed by atoms with Crippen molar-refractivity contribution in [3.8, 4) is 0 Å². The fraction of sp³-hybridized carbons (Fsp3) is 0.357. The molecule has 0 spiro atoms. The van der Waals surface area contributed by atoms with Crippen molar-refractivity contribution in [1.82, 2.24) is 10.3 Å². The van der Waals surface area contributed by atoms with Gasteiger partial charge in [0, 0.05) is 17.0 Å². The summed E-state index contributed by atoms with van der Waals surface area (Å²) in [4.78, 5) is 5.11. The van der Waals surface area contributed by atoms with Gasteiger partial charge in [-0.1, -0.05) is 23.7 Å². The van der Waals surface area contributed by atoms with Gasteiger partial charge in [0.2, 0.25) is 0 Å². The van der Waals surface area contributed by atoms with Crippen LogP contribution in [0, 0.1) is 0 Å². The first kappa shape index (κ1) is 14.4. The van der Waals surface area contributed by atoms with Crippen LogP contribution in [0.25, 0.3) is 0 Å². The molecular weight excluding hydrogens is 280 g/mol. The Morgan fingerprint density at radius 1 is 1.37 bits per heavy atom. The highest BCUT2D eigenvalue weighted by Crippen LogP contribution is 2.35. The zero-order valence-corrected chi connectivity index (χ0v) is 12.8. The van der Waals surface area contributed by atoms with Gasteiger partial charge < -0.3 is 9.73 Å². The van der Waals surface area contributed by atoms with Crippen LogP contribution >= 0.6 is 23.4 Å². The van der Waals surface area contributed by atoms with E-state index >= 15 is 0 Å². The Morgan fingerprint density at radius 3 is 2.79 bits per heavy atom. The number of halogens is 1.